The van der Waals surface area contributed by atoms with Crippen molar-refractivity contribution < 1.29 is 9.53 Å². The third-order valence-electron chi connectivity index (χ3n) is 3.35. The first-order valence-corrected chi connectivity index (χ1v) is 6.73. The second-order valence-corrected chi connectivity index (χ2v) is 5.11. The summed E-state index contributed by atoms with van der Waals surface area (Å²) in [6, 6.07) is 14.5. The molecule has 0 saturated heterocycles. The lowest BCUT2D eigenvalue weighted by atomic mass is 9.87. The van der Waals surface area contributed by atoms with Gasteiger partial charge in [0.05, 0.1) is 11.4 Å². The molecule has 0 fully saturated rings. The average molecular weight is 293 g/mol. The van der Waals surface area contributed by atoms with Crippen LogP contribution in [0.4, 0.5) is 0 Å². The molecule has 0 N–H and O–H groups in total. The molecule has 0 radical (unpaired) electrons. The minimum Gasteiger partial charge on any atom is -0.444 e. The molecular weight excluding hydrogens is 283 g/mol. The highest BCUT2D eigenvalue weighted by atomic mass is 35.5. The maximum atomic E-state index is 12.0. The number of fused-ring (bicyclic) bond motifs is 1. The number of rotatable bonds is 2. The molecule has 0 saturated carbocycles. The predicted octanol–water partition coefficient (Wildman–Crippen LogP) is 3.99. The molecule has 19 heavy (non-hydrogen) atoms. The van der Waals surface area contributed by atoms with Crippen molar-refractivity contribution >= 4 is 29.2 Å². The quantitative estimate of drug-likeness (QED) is 0.618. The van der Waals surface area contributed by atoms with E-state index in [4.69, 9.17) is 27.9 Å². The normalized spacial score (nSPS) is 21.1. The van der Waals surface area contributed by atoms with Crippen LogP contribution in [-0.2, 0) is 10.3 Å². The van der Waals surface area contributed by atoms with Gasteiger partial charge in [-0.05, 0) is 18.2 Å². The maximum Gasteiger partial charge on any atom is 0.339 e. The van der Waals surface area contributed by atoms with Gasteiger partial charge in [-0.15, -0.1) is 11.6 Å². The zero-order chi connectivity index (χ0) is 13.5. The molecule has 0 aromatic heterocycles. The Balaban J connectivity index is 2.21. The monoisotopic (exact) mass is 292 g/mol. The fourth-order valence-electron chi connectivity index (χ4n) is 2.39. The van der Waals surface area contributed by atoms with Crippen LogP contribution in [0.5, 0.6) is 0 Å². The molecule has 96 valence electrons. The van der Waals surface area contributed by atoms with E-state index in [-0.39, 0.29) is 11.8 Å². The lowest BCUT2D eigenvalue weighted by Gasteiger charge is -2.27. The SMILES string of the molecule is O=C1OC(CCl)(c2ccc(Cl)cc2)c2ccccc21. The molecule has 3 rings (SSSR count). The summed E-state index contributed by atoms with van der Waals surface area (Å²) in [7, 11) is 0. The Labute approximate surface area is 120 Å². The number of carbonyl (C=O) groups excluding carboxylic acids is 1. The standard InChI is InChI=1S/C15H10Cl2O2/c16-9-15(10-5-7-11(17)8-6-10)13-4-2-1-3-12(13)14(18)19-15/h1-8H,9H2. The maximum absolute atomic E-state index is 12.0. The van der Waals surface area contributed by atoms with Gasteiger partial charge >= 0.3 is 5.97 Å². The van der Waals surface area contributed by atoms with E-state index in [9.17, 15) is 4.79 Å². The Morgan fingerprint density at radius 3 is 2.42 bits per heavy atom. The summed E-state index contributed by atoms with van der Waals surface area (Å²) in [4.78, 5) is 12.0. The number of ether oxygens (including phenoxy) is 1. The molecule has 1 atom stereocenters. The van der Waals surface area contributed by atoms with Crippen LogP contribution in [0.2, 0.25) is 5.02 Å². The summed E-state index contributed by atoms with van der Waals surface area (Å²) >= 11 is 12.0. The number of carbonyl (C=O) groups is 1. The van der Waals surface area contributed by atoms with E-state index < -0.39 is 5.60 Å². The van der Waals surface area contributed by atoms with Gasteiger partial charge in [0.15, 0.2) is 5.60 Å². The number of benzene rings is 2. The van der Waals surface area contributed by atoms with Gasteiger partial charge in [0, 0.05) is 16.1 Å². The van der Waals surface area contributed by atoms with Gasteiger partial charge in [0.25, 0.3) is 0 Å². The van der Waals surface area contributed by atoms with Crippen molar-refractivity contribution in [3.05, 3.63) is 70.2 Å². The summed E-state index contributed by atoms with van der Waals surface area (Å²) in [6.07, 6.45) is 0. The lowest BCUT2D eigenvalue weighted by Crippen LogP contribution is -2.29. The summed E-state index contributed by atoms with van der Waals surface area (Å²) < 4.78 is 5.58. The van der Waals surface area contributed by atoms with Gasteiger partial charge in [-0.1, -0.05) is 41.9 Å². The molecule has 2 aromatic carbocycles. The third kappa shape index (κ3) is 1.83. The van der Waals surface area contributed by atoms with Gasteiger partial charge in [-0.3, -0.25) is 0 Å². The molecule has 1 unspecified atom stereocenters. The smallest absolute Gasteiger partial charge is 0.339 e. The van der Waals surface area contributed by atoms with Crippen molar-refractivity contribution in [1.82, 2.24) is 0 Å². The lowest BCUT2D eigenvalue weighted by molar-refractivity contribution is 0.0192. The second-order valence-electron chi connectivity index (χ2n) is 4.40. The molecule has 0 bridgehead atoms. The van der Waals surface area contributed by atoms with E-state index in [1.807, 2.05) is 30.3 Å². The number of alkyl halides is 1. The molecule has 0 aliphatic carbocycles. The minimum absolute atomic E-state index is 0.164. The van der Waals surface area contributed by atoms with Gasteiger partial charge < -0.3 is 4.74 Å². The van der Waals surface area contributed by atoms with Crippen LogP contribution in [0.1, 0.15) is 21.5 Å². The Kier molecular flexibility index (Phi) is 3.00. The van der Waals surface area contributed by atoms with Crippen LogP contribution in [0.3, 0.4) is 0 Å². The molecule has 0 spiro atoms. The van der Waals surface area contributed by atoms with Crippen LogP contribution in [-0.4, -0.2) is 11.8 Å². The van der Waals surface area contributed by atoms with E-state index in [1.54, 1.807) is 18.2 Å². The number of esters is 1. The summed E-state index contributed by atoms with van der Waals surface area (Å²) in [5, 5.41) is 0.631. The van der Waals surface area contributed by atoms with E-state index in [1.165, 1.54) is 0 Å². The Bertz CT molecular complexity index is 637. The highest BCUT2D eigenvalue weighted by Gasteiger charge is 2.46. The molecule has 0 amide bonds. The number of hydrogen-bond acceptors (Lipinski definition) is 2. The first kappa shape index (κ1) is 12.5. The first-order valence-electron chi connectivity index (χ1n) is 5.82. The molecule has 1 heterocycles. The Hall–Kier alpha value is -1.51. The predicted molar refractivity (Wildman–Crippen MR) is 74.8 cm³/mol. The van der Waals surface area contributed by atoms with E-state index >= 15 is 0 Å². The third-order valence-corrected chi connectivity index (χ3v) is 3.98. The zero-order valence-corrected chi connectivity index (χ0v) is 11.4. The Morgan fingerprint density at radius 1 is 1.05 bits per heavy atom. The van der Waals surface area contributed by atoms with Gasteiger partial charge in [-0.2, -0.15) is 0 Å². The Morgan fingerprint density at radius 2 is 1.74 bits per heavy atom. The fourth-order valence-corrected chi connectivity index (χ4v) is 2.87. The molecule has 1 aliphatic rings. The second kappa shape index (κ2) is 4.55. The molecule has 2 aromatic rings. The van der Waals surface area contributed by atoms with Crippen molar-refractivity contribution in [2.24, 2.45) is 0 Å². The summed E-state index contributed by atoms with van der Waals surface area (Å²) in [5.41, 5.74) is 1.28. The zero-order valence-electron chi connectivity index (χ0n) is 9.90. The topological polar surface area (TPSA) is 26.3 Å². The van der Waals surface area contributed by atoms with Crippen molar-refractivity contribution in [1.29, 1.82) is 0 Å². The van der Waals surface area contributed by atoms with E-state index in [2.05, 4.69) is 0 Å². The molecule has 1 aliphatic heterocycles. The largest absolute Gasteiger partial charge is 0.444 e. The van der Waals surface area contributed by atoms with Crippen molar-refractivity contribution in [3.63, 3.8) is 0 Å². The van der Waals surface area contributed by atoms with Gasteiger partial charge in [-0.25, -0.2) is 4.79 Å². The van der Waals surface area contributed by atoms with Crippen LogP contribution in [0.15, 0.2) is 48.5 Å². The number of hydrogen-bond donors (Lipinski definition) is 0. The highest BCUT2D eigenvalue weighted by molar-refractivity contribution is 6.30. The van der Waals surface area contributed by atoms with Crippen molar-refractivity contribution in [2.75, 3.05) is 5.88 Å². The van der Waals surface area contributed by atoms with Gasteiger partial charge in [0.2, 0.25) is 0 Å². The average Bonchev–Trinajstić information content (AvgIpc) is 2.74. The van der Waals surface area contributed by atoms with Crippen LogP contribution < -0.4 is 0 Å². The summed E-state index contributed by atoms with van der Waals surface area (Å²) in [6.45, 7) is 0. The summed E-state index contributed by atoms with van der Waals surface area (Å²) in [5.74, 6) is -0.177. The number of cyclic esters (lactones) is 1. The van der Waals surface area contributed by atoms with E-state index in [0.29, 0.717) is 10.6 Å². The van der Waals surface area contributed by atoms with Crippen LogP contribution in [0.25, 0.3) is 0 Å². The first-order chi connectivity index (χ1) is 9.17. The molecule has 4 heteroatoms. The van der Waals surface area contributed by atoms with Crippen LogP contribution >= 0.6 is 23.2 Å². The van der Waals surface area contributed by atoms with Crippen LogP contribution in [0, 0.1) is 0 Å². The number of halogens is 2. The van der Waals surface area contributed by atoms with Crippen molar-refractivity contribution in [3.8, 4) is 0 Å². The van der Waals surface area contributed by atoms with Gasteiger partial charge in [0.1, 0.15) is 0 Å². The molecule has 2 nitrogen and oxygen atoms in total. The minimum atomic E-state index is -0.917. The van der Waals surface area contributed by atoms with Crippen molar-refractivity contribution in [2.45, 2.75) is 5.60 Å². The fraction of sp³-hybridized carbons (Fsp3) is 0.133. The highest BCUT2D eigenvalue weighted by Crippen LogP contribution is 2.42. The van der Waals surface area contributed by atoms with E-state index in [0.717, 1.165) is 11.1 Å². The molecular formula is C15H10Cl2O2.